The van der Waals surface area contributed by atoms with E-state index >= 15 is 0 Å². The molecular weight excluding hydrogens is 631 g/mol. The zero-order valence-electron chi connectivity index (χ0n) is 31.1. The highest BCUT2D eigenvalue weighted by molar-refractivity contribution is 5.94. The van der Waals surface area contributed by atoms with Gasteiger partial charge in [-0.05, 0) is 91.7 Å². The van der Waals surface area contributed by atoms with E-state index < -0.39 is 0 Å². The molecule has 0 bridgehead atoms. The molecule has 0 heterocycles. The van der Waals surface area contributed by atoms with Gasteiger partial charge in [-0.15, -0.1) is 0 Å². The smallest absolute Gasteiger partial charge is 0.130 e. The minimum absolute atomic E-state index is 0.0416. The van der Waals surface area contributed by atoms with Gasteiger partial charge in [-0.3, -0.25) is 0 Å². The van der Waals surface area contributed by atoms with Crippen LogP contribution in [-0.2, 0) is 10.8 Å². The molecule has 0 saturated heterocycles. The summed E-state index contributed by atoms with van der Waals surface area (Å²) in [6.07, 6.45) is 0. The third-order valence-corrected chi connectivity index (χ3v) is 9.61. The number of benzene rings is 7. The number of anilines is 2. The molecule has 0 amide bonds. The summed E-state index contributed by atoms with van der Waals surface area (Å²) in [5, 5.41) is 3.95. The van der Waals surface area contributed by atoms with Gasteiger partial charge in [0.25, 0.3) is 0 Å². The topological polar surface area (TPSA) is 21.3 Å². The van der Waals surface area contributed by atoms with Crippen LogP contribution in [0.2, 0.25) is 0 Å². The quantitative estimate of drug-likeness (QED) is 0.173. The molecule has 0 unspecified atom stereocenters. The fraction of sp³-hybridized carbons (Fsp3) is 0.160. The van der Waals surface area contributed by atoms with Crippen molar-refractivity contribution in [1.29, 1.82) is 0 Å². The van der Waals surface area contributed by atoms with Gasteiger partial charge in [-0.1, -0.05) is 169 Å². The molecule has 0 atom stereocenters. The number of hydrogen-bond donors (Lipinski definition) is 1. The van der Waals surface area contributed by atoms with E-state index in [4.69, 9.17) is 4.74 Å². The molecule has 1 N–H and O–H groups in total. The van der Waals surface area contributed by atoms with Crippen molar-refractivity contribution >= 4 is 11.4 Å². The second kappa shape index (κ2) is 14.4. The SMILES string of the molecule is CC(C)(C)c1ccc(-c2cc(Nc3c(-c4ccccc4)cc(C(C)(C)C)cc3-c3ccccc3)cc(Oc3cccc(-c4ccccc4)c3)c2)cc1. The van der Waals surface area contributed by atoms with Gasteiger partial charge in [0.2, 0.25) is 0 Å². The van der Waals surface area contributed by atoms with Crippen molar-refractivity contribution in [2.45, 2.75) is 52.4 Å². The summed E-state index contributed by atoms with van der Waals surface area (Å²) in [5.41, 5.74) is 13.7. The first-order valence-electron chi connectivity index (χ1n) is 18.2. The Morgan fingerprint density at radius 3 is 1.38 bits per heavy atom. The van der Waals surface area contributed by atoms with Crippen LogP contribution in [0.15, 0.2) is 170 Å². The Hall–Kier alpha value is -5.86. The van der Waals surface area contributed by atoms with Gasteiger partial charge in [0, 0.05) is 22.9 Å². The molecular formula is C50H47NO. The Kier molecular flexibility index (Phi) is 9.58. The molecule has 52 heavy (non-hydrogen) atoms. The number of nitrogens with one attached hydrogen (secondary N) is 1. The largest absolute Gasteiger partial charge is 0.457 e. The molecule has 7 rings (SSSR count). The van der Waals surface area contributed by atoms with Crippen LogP contribution in [0.5, 0.6) is 11.5 Å². The maximum Gasteiger partial charge on any atom is 0.130 e. The molecule has 0 aliphatic carbocycles. The van der Waals surface area contributed by atoms with Crippen LogP contribution in [0.4, 0.5) is 11.4 Å². The molecule has 0 aliphatic rings. The summed E-state index contributed by atoms with van der Waals surface area (Å²) < 4.78 is 6.71. The standard InChI is InChI=1S/C50H47NO/c1-49(2,3)41-27-25-36(26-28-41)40-29-43(34-45(31-40)52-44-24-16-23-39(30-44)35-17-10-7-11-18-35)51-48-46(37-19-12-8-13-20-37)32-42(50(4,5)6)33-47(48)38-21-14-9-15-22-38/h7-34,51H,1-6H3. The Balaban J connectivity index is 1.39. The number of rotatable bonds is 8. The molecule has 258 valence electrons. The van der Waals surface area contributed by atoms with Gasteiger partial charge in [0.05, 0.1) is 5.69 Å². The molecule has 0 aliphatic heterocycles. The van der Waals surface area contributed by atoms with E-state index in [1.807, 2.05) is 12.1 Å². The van der Waals surface area contributed by atoms with E-state index in [9.17, 15) is 0 Å². The molecule has 0 fully saturated rings. The van der Waals surface area contributed by atoms with E-state index in [0.717, 1.165) is 67.4 Å². The molecule has 0 spiro atoms. The minimum atomic E-state index is -0.0416. The van der Waals surface area contributed by atoms with Gasteiger partial charge in [-0.2, -0.15) is 0 Å². The van der Waals surface area contributed by atoms with Crippen molar-refractivity contribution in [1.82, 2.24) is 0 Å². The van der Waals surface area contributed by atoms with Crippen LogP contribution in [0.25, 0.3) is 44.5 Å². The predicted molar refractivity (Wildman–Crippen MR) is 222 cm³/mol. The summed E-state index contributed by atoms with van der Waals surface area (Å²) in [7, 11) is 0. The normalized spacial score (nSPS) is 11.7. The maximum absolute atomic E-state index is 6.71. The fourth-order valence-corrected chi connectivity index (χ4v) is 6.61. The Labute approximate surface area is 309 Å². The Morgan fingerprint density at radius 1 is 0.365 bits per heavy atom. The first-order valence-corrected chi connectivity index (χ1v) is 18.2. The average Bonchev–Trinajstić information content (AvgIpc) is 3.15. The van der Waals surface area contributed by atoms with Crippen LogP contribution in [0.3, 0.4) is 0 Å². The summed E-state index contributed by atoms with van der Waals surface area (Å²) in [6, 6.07) is 60.3. The van der Waals surface area contributed by atoms with E-state index in [-0.39, 0.29) is 10.8 Å². The van der Waals surface area contributed by atoms with Crippen molar-refractivity contribution < 1.29 is 4.74 Å². The Morgan fingerprint density at radius 2 is 0.846 bits per heavy atom. The minimum Gasteiger partial charge on any atom is -0.457 e. The van der Waals surface area contributed by atoms with Crippen LogP contribution in [-0.4, -0.2) is 0 Å². The maximum atomic E-state index is 6.71. The summed E-state index contributed by atoms with van der Waals surface area (Å²) in [6.45, 7) is 13.6. The molecule has 0 radical (unpaired) electrons. The van der Waals surface area contributed by atoms with E-state index in [0.29, 0.717) is 0 Å². The van der Waals surface area contributed by atoms with Gasteiger partial charge in [-0.25, -0.2) is 0 Å². The number of hydrogen-bond acceptors (Lipinski definition) is 2. The lowest BCUT2D eigenvalue weighted by molar-refractivity contribution is 0.483. The predicted octanol–water partition coefficient (Wildman–Crippen LogP) is 14.5. The highest BCUT2D eigenvalue weighted by Crippen LogP contribution is 2.44. The van der Waals surface area contributed by atoms with Gasteiger partial charge in [0.1, 0.15) is 11.5 Å². The van der Waals surface area contributed by atoms with Crippen molar-refractivity contribution in [2.75, 3.05) is 5.32 Å². The first kappa shape index (κ1) is 34.6. The lowest BCUT2D eigenvalue weighted by atomic mass is 9.82. The average molecular weight is 678 g/mol. The summed E-state index contributed by atoms with van der Waals surface area (Å²) in [5.74, 6) is 1.55. The molecule has 7 aromatic rings. The van der Waals surface area contributed by atoms with Crippen molar-refractivity contribution in [3.05, 3.63) is 181 Å². The first-order chi connectivity index (χ1) is 25.0. The van der Waals surface area contributed by atoms with Gasteiger partial charge < -0.3 is 10.1 Å². The Bertz CT molecular complexity index is 2210. The molecule has 2 heteroatoms. The molecule has 0 aromatic heterocycles. The second-order valence-corrected chi connectivity index (χ2v) is 15.6. The molecule has 2 nitrogen and oxygen atoms in total. The van der Waals surface area contributed by atoms with Gasteiger partial charge >= 0.3 is 0 Å². The lowest BCUT2D eigenvalue weighted by Gasteiger charge is -2.25. The summed E-state index contributed by atoms with van der Waals surface area (Å²) in [4.78, 5) is 0. The molecule has 0 saturated carbocycles. The fourth-order valence-electron chi connectivity index (χ4n) is 6.61. The van der Waals surface area contributed by atoms with Crippen molar-refractivity contribution in [3.63, 3.8) is 0 Å². The van der Waals surface area contributed by atoms with Crippen LogP contribution >= 0.6 is 0 Å². The van der Waals surface area contributed by atoms with Crippen LogP contribution in [0, 0.1) is 0 Å². The third-order valence-electron chi connectivity index (χ3n) is 9.61. The van der Waals surface area contributed by atoms with E-state index in [1.54, 1.807) is 0 Å². The van der Waals surface area contributed by atoms with Crippen molar-refractivity contribution in [2.24, 2.45) is 0 Å². The van der Waals surface area contributed by atoms with E-state index in [1.165, 1.54) is 11.1 Å². The lowest BCUT2D eigenvalue weighted by Crippen LogP contribution is -2.12. The third kappa shape index (κ3) is 7.87. The zero-order valence-corrected chi connectivity index (χ0v) is 31.1. The van der Waals surface area contributed by atoms with Crippen molar-refractivity contribution in [3.8, 4) is 56.0 Å². The second-order valence-electron chi connectivity index (χ2n) is 15.6. The highest BCUT2D eigenvalue weighted by atomic mass is 16.5. The zero-order chi connectivity index (χ0) is 36.3. The van der Waals surface area contributed by atoms with Gasteiger partial charge in [0.15, 0.2) is 0 Å². The highest BCUT2D eigenvalue weighted by Gasteiger charge is 2.22. The van der Waals surface area contributed by atoms with Crippen LogP contribution < -0.4 is 10.1 Å². The summed E-state index contributed by atoms with van der Waals surface area (Å²) >= 11 is 0. The molecule has 7 aromatic carbocycles. The van der Waals surface area contributed by atoms with Crippen LogP contribution in [0.1, 0.15) is 52.7 Å². The monoisotopic (exact) mass is 677 g/mol. The number of ether oxygens (including phenoxy) is 1. The van der Waals surface area contributed by atoms with E-state index in [2.05, 4.69) is 205 Å².